The molecule has 10 heteroatoms. The van der Waals surface area contributed by atoms with Gasteiger partial charge in [0.2, 0.25) is 0 Å². The summed E-state index contributed by atoms with van der Waals surface area (Å²) in [4.78, 5) is 15.2. The molecule has 0 spiro atoms. The van der Waals surface area contributed by atoms with E-state index in [4.69, 9.17) is 0 Å². The van der Waals surface area contributed by atoms with Crippen molar-refractivity contribution in [1.82, 2.24) is 9.80 Å². The lowest BCUT2D eigenvalue weighted by atomic mass is 9.98. The summed E-state index contributed by atoms with van der Waals surface area (Å²) in [5, 5.41) is 0. The molecule has 0 aromatic heterocycles. The Morgan fingerprint density at radius 1 is 0.941 bits per heavy atom. The summed E-state index contributed by atoms with van der Waals surface area (Å²) in [6.45, 7) is 4.07. The van der Waals surface area contributed by atoms with Crippen LogP contribution in [-0.2, 0) is 11.3 Å². The first-order valence-corrected chi connectivity index (χ1v) is 10.9. The van der Waals surface area contributed by atoms with Crippen molar-refractivity contribution in [3.05, 3.63) is 59.7 Å². The molecule has 184 valence electrons. The van der Waals surface area contributed by atoms with Crippen molar-refractivity contribution >= 4 is 6.09 Å². The number of carbonyl (C=O) groups excluding carboxylic acids is 1. The lowest BCUT2D eigenvalue weighted by molar-refractivity contribution is -0.308. The Morgan fingerprint density at radius 2 is 1.53 bits per heavy atom. The fourth-order valence-corrected chi connectivity index (χ4v) is 4.82. The molecule has 0 aliphatic carbocycles. The van der Waals surface area contributed by atoms with Gasteiger partial charge in [-0.1, -0.05) is 42.5 Å². The Bertz CT molecular complexity index is 996. The first-order valence-electron chi connectivity index (χ1n) is 10.9. The average Bonchev–Trinajstić information content (AvgIpc) is 3.31. The Balaban J connectivity index is 1.35. The number of benzene rings is 2. The summed E-state index contributed by atoms with van der Waals surface area (Å²) in [6, 6.07) is 16.2. The van der Waals surface area contributed by atoms with Crippen molar-refractivity contribution in [2.45, 2.75) is 31.9 Å². The van der Waals surface area contributed by atoms with Crippen molar-refractivity contribution in [3.63, 3.8) is 0 Å². The van der Waals surface area contributed by atoms with E-state index in [0.717, 1.165) is 27.2 Å². The number of hydrogen-bond donors (Lipinski definition) is 0. The van der Waals surface area contributed by atoms with E-state index < -0.39 is 24.5 Å². The highest BCUT2D eigenvalue weighted by Crippen LogP contribution is 2.38. The van der Waals surface area contributed by atoms with Gasteiger partial charge >= 0.3 is 18.4 Å². The molecular formula is C24H24F6N2O2. The van der Waals surface area contributed by atoms with Crippen LogP contribution in [0.5, 0.6) is 0 Å². The Labute approximate surface area is 193 Å². The zero-order chi connectivity index (χ0) is 24.7. The van der Waals surface area contributed by atoms with E-state index in [1.54, 1.807) is 0 Å². The van der Waals surface area contributed by atoms with Gasteiger partial charge in [-0.2, -0.15) is 26.3 Å². The second-order valence-corrected chi connectivity index (χ2v) is 8.98. The number of amides is 1. The molecule has 34 heavy (non-hydrogen) atoms. The van der Waals surface area contributed by atoms with E-state index in [1.807, 2.05) is 43.3 Å². The van der Waals surface area contributed by atoms with Crippen molar-refractivity contribution in [3.8, 4) is 11.1 Å². The molecule has 2 aliphatic rings. The molecule has 2 fully saturated rings. The number of halogens is 6. The van der Waals surface area contributed by atoms with Gasteiger partial charge in [0.25, 0.3) is 6.10 Å². The normalized spacial score (nSPS) is 21.2. The summed E-state index contributed by atoms with van der Waals surface area (Å²) in [7, 11) is 0. The predicted molar refractivity (Wildman–Crippen MR) is 113 cm³/mol. The number of nitrogens with zero attached hydrogens (tertiary/aromatic N) is 2. The molecule has 2 heterocycles. The first-order chi connectivity index (χ1) is 15.9. The zero-order valence-corrected chi connectivity index (χ0v) is 18.4. The van der Waals surface area contributed by atoms with E-state index in [2.05, 4.69) is 21.8 Å². The minimum atomic E-state index is -5.72. The van der Waals surface area contributed by atoms with Crippen LogP contribution in [0.4, 0.5) is 31.1 Å². The van der Waals surface area contributed by atoms with Crippen LogP contribution in [0.1, 0.15) is 11.1 Å². The number of alkyl halides is 6. The lowest BCUT2D eigenvalue weighted by Crippen LogP contribution is -2.48. The van der Waals surface area contributed by atoms with Crippen LogP contribution in [-0.4, -0.2) is 60.5 Å². The molecule has 4 rings (SSSR count). The van der Waals surface area contributed by atoms with Gasteiger partial charge in [0, 0.05) is 32.7 Å². The topological polar surface area (TPSA) is 32.8 Å². The highest BCUT2D eigenvalue weighted by molar-refractivity contribution is 5.69. The van der Waals surface area contributed by atoms with E-state index in [-0.39, 0.29) is 24.9 Å². The van der Waals surface area contributed by atoms with Crippen LogP contribution >= 0.6 is 0 Å². The number of ether oxygens (including phenoxy) is 1. The summed E-state index contributed by atoms with van der Waals surface area (Å²) in [5.74, 6) is -0.0522. The van der Waals surface area contributed by atoms with Crippen LogP contribution in [0.25, 0.3) is 11.1 Å². The maximum absolute atomic E-state index is 12.7. The number of rotatable bonds is 4. The van der Waals surface area contributed by atoms with Crippen LogP contribution < -0.4 is 0 Å². The molecule has 2 unspecified atom stereocenters. The van der Waals surface area contributed by atoms with Crippen molar-refractivity contribution in [2.24, 2.45) is 11.8 Å². The van der Waals surface area contributed by atoms with E-state index in [9.17, 15) is 31.1 Å². The maximum Gasteiger partial charge on any atom is 0.434 e. The van der Waals surface area contributed by atoms with Crippen molar-refractivity contribution < 1.29 is 35.9 Å². The molecule has 0 N–H and O–H groups in total. The first kappa shape index (κ1) is 24.4. The standard InChI is InChI=1S/C24H24F6N2O2/c1-15-7-8-16(9-20(15)17-5-3-2-4-6-17)10-31-11-18-13-32(14-19(18)12-31)22(33)34-21(23(25,26)27)24(28,29)30/h2-9,18-19,21H,10-14H2,1H3. The summed E-state index contributed by atoms with van der Waals surface area (Å²) >= 11 is 0. The van der Waals surface area contributed by atoms with E-state index >= 15 is 0 Å². The quantitative estimate of drug-likeness (QED) is 0.524. The van der Waals surface area contributed by atoms with Crippen molar-refractivity contribution in [2.75, 3.05) is 26.2 Å². The fourth-order valence-electron chi connectivity index (χ4n) is 4.82. The molecule has 0 bridgehead atoms. The van der Waals surface area contributed by atoms with Gasteiger partial charge in [-0.3, -0.25) is 4.90 Å². The smallest absolute Gasteiger partial charge is 0.426 e. The monoisotopic (exact) mass is 486 g/mol. The lowest BCUT2D eigenvalue weighted by Gasteiger charge is -2.26. The molecule has 2 atom stereocenters. The molecule has 2 saturated heterocycles. The molecular weight excluding hydrogens is 462 g/mol. The molecule has 1 amide bonds. The minimum Gasteiger partial charge on any atom is -0.426 e. The summed E-state index contributed by atoms with van der Waals surface area (Å²) in [6.07, 6.45) is -17.1. The van der Waals surface area contributed by atoms with Crippen LogP contribution in [0, 0.1) is 18.8 Å². The Hall–Kier alpha value is -2.75. The third-order valence-electron chi connectivity index (χ3n) is 6.43. The Morgan fingerprint density at radius 3 is 2.09 bits per heavy atom. The second-order valence-electron chi connectivity index (χ2n) is 8.98. The van der Waals surface area contributed by atoms with Gasteiger partial charge in [-0.25, -0.2) is 4.79 Å². The minimum absolute atomic E-state index is 0.0261. The number of fused-ring (bicyclic) bond motifs is 1. The molecule has 2 aromatic carbocycles. The third-order valence-corrected chi connectivity index (χ3v) is 6.43. The predicted octanol–water partition coefficient (Wildman–Crippen LogP) is 5.66. The second kappa shape index (κ2) is 9.13. The summed E-state index contributed by atoms with van der Waals surface area (Å²) < 4.78 is 80.0. The van der Waals surface area contributed by atoms with Gasteiger partial charge in [-0.05, 0) is 47.1 Å². The van der Waals surface area contributed by atoms with Gasteiger partial charge in [0.05, 0.1) is 0 Å². The van der Waals surface area contributed by atoms with Crippen LogP contribution in [0.15, 0.2) is 48.5 Å². The van der Waals surface area contributed by atoms with Gasteiger partial charge in [-0.15, -0.1) is 0 Å². The van der Waals surface area contributed by atoms with Gasteiger partial charge in [0.1, 0.15) is 0 Å². The van der Waals surface area contributed by atoms with E-state index in [1.165, 1.54) is 0 Å². The molecule has 0 radical (unpaired) electrons. The summed E-state index contributed by atoms with van der Waals surface area (Å²) in [5.41, 5.74) is 4.51. The van der Waals surface area contributed by atoms with Crippen molar-refractivity contribution in [1.29, 1.82) is 0 Å². The zero-order valence-electron chi connectivity index (χ0n) is 18.4. The Kier molecular flexibility index (Phi) is 6.54. The largest absolute Gasteiger partial charge is 0.434 e. The highest BCUT2D eigenvalue weighted by atomic mass is 19.4. The molecule has 2 aromatic rings. The van der Waals surface area contributed by atoms with E-state index in [0.29, 0.717) is 19.6 Å². The van der Waals surface area contributed by atoms with Gasteiger partial charge in [0.15, 0.2) is 0 Å². The number of likely N-dealkylation sites (tertiary alicyclic amines) is 2. The SMILES string of the molecule is Cc1ccc(CN2CC3CN(C(=O)OC(C(F)(F)F)C(F)(F)F)CC3C2)cc1-c1ccccc1. The average molecular weight is 486 g/mol. The highest BCUT2D eigenvalue weighted by Gasteiger charge is 2.60. The van der Waals surface area contributed by atoms with Gasteiger partial charge < -0.3 is 9.64 Å². The number of carbonyl (C=O) groups is 1. The molecule has 2 aliphatic heterocycles. The number of hydrogen-bond acceptors (Lipinski definition) is 3. The van der Waals surface area contributed by atoms with Crippen LogP contribution in [0.2, 0.25) is 0 Å². The molecule has 0 saturated carbocycles. The number of aryl methyl sites for hydroxylation is 1. The van der Waals surface area contributed by atoms with Crippen LogP contribution in [0.3, 0.4) is 0 Å². The molecule has 4 nitrogen and oxygen atoms in total. The fraction of sp³-hybridized carbons (Fsp3) is 0.458. The maximum atomic E-state index is 12.7. The third kappa shape index (κ3) is 5.32.